The number of aliphatic hydroxyl groups is 4. The van der Waals surface area contributed by atoms with Crippen LogP contribution in [0.3, 0.4) is 0 Å². The molecule has 0 amide bonds. The lowest BCUT2D eigenvalue weighted by atomic mass is 9.99. The van der Waals surface area contributed by atoms with Gasteiger partial charge in [0, 0.05) is 12.6 Å². The third-order valence-corrected chi connectivity index (χ3v) is 5.16. The fourth-order valence-corrected chi connectivity index (χ4v) is 3.46. The van der Waals surface area contributed by atoms with Gasteiger partial charge in [-0.15, -0.1) is 5.10 Å². The van der Waals surface area contributed by atoms with Crippen molar-refractivity contribution in [2.75, 3.05) is 19.8 Å². The Hall–Kier alpha value is -1.96. The summed E-state index contributed by atoms with van der Waals surface area (Å²) >= 11 is 0. The van der Waals surface area contributed by atoms with Crippen molar-refractivity contribution < 1.29 is 34.6 Å². The minimum atomic E-state index is -1.45. The quantitative estimate of drug-likeness (QED) is 0.241. The van der Waals surface area contributed by atoms with Crippen LogP contribution in [0.5, 0.6) is 0 Å². The predicted octanol–water partition coefficient (Wildman–Crippen LogP) is -1.43. The van der Waals surface area contributed by atoms with E-state index in [1.165, 1.54) is 5.56 Å². The Morgan fingerprint density at radius 1 is 1.09 bits per heavy atom. The first kappa shape index (κ1) is 24.7. The van der Waals surface area contributed by atoms with Crippen LogP contribution in [0.25, 0.3) is 0 Å². The van der Waals surface area contributed by atoms with Crippen LogP contribution in [0.4, 0.5) is 0 Å². The lowest BCUT2D eigenvalue weighted by Crippen LogP contribution is -2.59. The Morgan fingerprint density at radius 3 is 2.62 bits per heavy atom. The molecule has 1 aliphatic rings. The van der Waals surface area contributed by atoms with Crippen molar-refractivity contribution >= 4 is 0 Å². The minimum absolute atomic E-state index is 0.0764. The first-order chi connectivity index (χ1) is 15.5. The molecule has 1 aromatic carbocycles. The summed E-state index contributed by atoms with van der Waals surface area (Å²) in [4.78, 5) is 0. The molecule has 0 spiro atoms. The van der Waals surface area contributed by atoms with Crippen molar-refractivity contribution in [3.8, 4) is 0 Å². The summed E-state index contributed by atoms with van der Waals surface area (Å²) in [5, 5.41) is 46.8. The fourth-order valence-electron chi connectivity index (χ4n) is 3.46. The molecule has 6 N–H and O–H groups in total. The van der Waals surface area contributed by atoms with Gasteiger partial charge >= 0.3 is 0 Å². The highest BCUT2D eigenvalue weighted by molar-refractivity contribution is 5.15. The van der Waals surface area contributed by atoms with E-state index in [4.69, 9.17) is 19.9 Å². The molecule has 0 aliphatic carbocycles. The molecule has 2 aromatic rings. The lowest BCUT2D eigenvalue weighted by Gasteiger charge is -2.39. The normalized spacial score (nSPS) is 26.8. The number of aromatic nitrogens is 3. The zero-order chi connectivity index (χ0) is 22.9. The molecule has 1 saturated heterocycles. The van der Waals surface area contributed by atoms with E-state index >= 15 is 0 Å². The summed E-state index contributed by atoms with van der Waals surface area (Å²) in [6.45, 7) is 0.913. The Morgan fingerprint density at radius 2 is 1.88 bits per heavy atom. The average Bonchev–Trinajstić information content (AvgIpc) is 3.23. The monoisotopic (exact) mass is 452 g/mol. The topological polar surface area (TPSA) is 165 Å². The van der Waals surface area contributed by atoms with Gasteiger partial charge in [-0.3, -0.25) is 4.68 Å². The first-order valence-electron chi connectivity index (χ1n) is 10.7. The van der Waals surface area contributed by atoms with Gasteiger partial charge in [0.1, 0.15) is 30.1 Å². The number of aliphatic hydroxyl groups excluding tert-OH is 4. The Labute approximate surface area is 186 Å². The maximum absolute atomic E-state index is 9.92. The van der Waals surface area contributed by atoms with E-state index in [0.29, 0.717) is 25.3 Å². The van der Waals surface area contributed by atoms with Gasteiger partial charge in [0.2, 0.25) is 0 Å². The SMILES string of the molecule is N[C@H](Cc1ccccc1)Cn1cc(COCCCOC2OC(CO)C(O)C(O)C2O)nn1. The second-order valence-electron chi connectivity index (χ2n) is 7.86. The third kappa shape index (κ3) is 7.02. The van der Waals surface area contributed by atoms with E-state index in [1.807, 2.05) is 30.3 Å². The standard InChI is InChI=1S/C21H32N4O7/c22-15(9-14-5-2-1-3-6-14)10-25-11-16(23-24-25)13-30-7-4-8-31-21-20(29)19(28)18(27)17(12-26)32-21/h1-3,5-6,11,15,17-21,26-29H,4,7-10,12-13,22H2/t15-,17?,18?,19?,20?,21?/m1/s1. The number of hydrogen-bond acceptors (Lipinski definition) is 10. The molecule has 1 aliphatic heterocycles. The molecule has 0 saturated carbocycles. The highest BCUT2D eigenvalue weighted by Crippen LogP contribution is 2.22. The molecule has 1 aromatic heterocycles. The molecule has 5 unspecified atom stereocenters. The summed E-state index contributed by atoms with van der Waals surface area (Å²) in [7, 11) is 0. The van der Waals surface area contributed by atoms with Gasteiger partial charge in [-0.1, -0.05) is 35.5 Å². The molecular weight excluding hydrogens is 420 g/mol. The molecule has 2 heterocycles. The van der Waals surface area contributed by atoms with Crippen molar-refractivity contribution in [1.29, 1.82) is 0 Å². The van der Waals surface area contributed by atoms with E-state index < -0.39 is 37.3 Å². The van der Waals surface area contributed by atoms with E-state index in [1.54, 1.807) is 10.9 Å². The Balaban J connectivity index is 1.30. The summed E-state index contributed by atoms with van der Waals surface area (Å²) in [5.41, 5.74) is 8.06. The average molecular weight is 453 g/mol. The number of ether oxygens (including phenoxy) is 3. The van der Waals surface area contributed by atoms with Crippen LogP contribution >= 0.6 is 0 Å². The van der Waals surface area contributed by atoms with Crippen LogP contribution in [0, 0.1) is 0 Å². The van der Waals surface area contributed by atoms with Crippen LogP contribution in [0.15, 0.2) is 36.5 Å². The van der Waals surface area contributed by atoms with E-state index in [-0.39, 0.29) is 19.3 Å². The van der Waals surface area contributed by atoms with Gasteiger partial charge in [-0.25, -0.2) is 0 Å². The zero-order valence-corrected chi connectivity index (χ0v) is 17.8. The maximum Gasteiger partial charge on any atom is 0.186 e. The zero-order valence-electron chi connectivity index (χ0n) is 17.8. The van der Waals surface area contributed by atoms with Gasteiger partial charge in [0.05, 0.1) is 32.6 Å². The fraction of sp³-hybridized carbons (Fsp3) is 0.619. The third-order valence-electron chi connectivity index (χ3n) is 5.16. The Kier molecular flexibility index (Phi) is 9.51. The molecule has 1 fully saturated rings. The van der Waals surface area contributed by atoms with Crippen LogP contribution in [-0.2, 0) is 33.8 Å². The van der Waals surface area contributed by atoms with Gasteiger partial charge in [0.25, 0.3) is 0 Å². The van der Waals surface area contributed by atoms with Crippen molar-refractivity contribution in [3.63, 3.8) is 0 Å². The van der Waals surface area contributed by atoms with Crippen molar-refractivity contribution in [3.05, 3.63) is 47.8 Å². The Bertz CT molecular complexity index is 791. The molecule has 32 heavy (non-hydrogen) atoms. The second-order valence-corrected chi connectivity index (χ2v) is 7.86. The summed E-state index contributed by atoms with van der Waals surface area (Å²) in [6, 6.07) is 9.96. The molecule has 3 rings (SSSR count). The van der Waals surface area contributed by atoms with Crippen molar-refractivity contribution in [2.45, 2.75) is 62.7 Å². The largest absolute Gasteiger partial charge is 0.394 e. The van der Waals surface area contributed by atoms with Gasteiger partial charge in [0.15, 0.2) is 6.29 Å². The molecule has 178 valence electrons. The lowest BCUT2D eigenvalue weighted by molar-refractivity contribution is -0.301. The van der Waals surface area contributed by atoms with Gasteiger partial charge in [-0.05, 0) is 18.4 Å². The van der Waals surface area contributed by atoms with Crippen molar-refractivity contribution in [2.24, 2.45) is 5.73 Å². The first-order valence-corrected chi connectivity index (χ1v) is 10.7. The summed E-state index contributed by atoms with van der Waals surface area (Å²) in [5.74, 6) is 0. The highest BCUT2D eigenvalue weighted by atomic mass is 16.7. The number of rotatable bonds is 12. The molecule has 6 atom stereocenters. The van der Waals surface area contributed by atoms with E-state index in [2.05, 4.69) is 10.3 Å². The van der Waals surface area contributed by atoms with E-state index in [0.717, 1.165) is 6.42 Å². The highest BCUT2D eigenvalue weighted by Gasteiger charge is 2.43. The van der Waals surface area contributed by atoms with Crippen molar-refractivity contribution in [1.82, 2.24) is 15.0 Å². The van der Waals surface area contributed by atoms with Gasteiger partial charge in [-0.2, -0.15) is 0 Å². The number of nitrogens with two attached hydrogens (primary N) is 1. The molecular formula is C21H32N4O7. The number of nitrogens with zero attached hydrogens (tertiary/aromatic N) is 3. The van der Waals surface area contributed by atoms with Crippen LogP contribution in [-0.4, -0.2) is 92.0 Å². The van der Waals surface area contributed by atoms with Crippen LogP contribution in [0.1, 0.15) is 17.7 Å². The minimum Gasteiger partial charge on any atom is -0.394 e. The molecule has 0 bridgehead atoms. The summed E-state index contributed by atoms with van der Waals surface area (Å²) < 4.78 is 18.0. The molecule has 0 radical (unpaired) electrons. The molecule has 11 nitrogen and oxygen atoms in total. The number of benzene rings is 1. The maximum atomic E-state index is 9.92. The smallest absolute Gasteiger partial charge is 0.186 e. The van der Waals surface area contributed by atoms with Crippen LogP contribution < -0.4 is 5.73 Å². The second kappa shape index (κ2) is 12.3. The predicted molar refractivity (Wildman–Crippen MR) is 112 cm³/mol. The van der Waals surface area contributed by atoms with E-state index in [9.17, 15) is 20.4 Å². The van der Waals surface area contributed by atoms with Crippen LogP contribution in [0.2, 0.25) is 0 Å². The molecule has 11 heteroatoms. The van der Waals surface area contributed by atoms with Gasteiger partial charge < -0.3 is 40.4 Å². The summed E-state index contributed by atoms with van der Waals surface area (Å²) in [6.07, 6.45) is -3.33. The number of hydrogen-bond donors (Lipinski definition) is 5.